The van der Waals surface area contributed by atoms with Crippen LogP contribution in [-0.2, 0) is 5.41 Å². The molecule has 1 aliphatic carbocycles. The van der Waals surface area contributed by atoms with Crippen molar-refractivity contribution >= 4 is 44.9 Å². The molecule has 0 saturated heterocycles. The summed E-state index contributed by atoms with van der Waals surface area (Å²) in [6, 6.07) is 46.3. The maximum atomic E-state index is 2.45. The summed E-state index contributed by atoms with van der Waals surface area (Å²) < 4.78 is 0. The molecular formula is C51H50N2. The van der Waals surface area contributed by atoms with Gasteiger partial charge >= 0.3 is 0 Å². The van der Waals surface area contributed by atoms with E-state index >= 15 is 0 Å². The monoisotopic (exact) mass is 690 g/mol. The Balaban J connectivity index is 1.26. The van der Waals surface area contributed by atoms with E-state index in [4.69, 9.17) is 0 Å². The highest BCUT2D eigenvalue weighted by atomic mass is 15.1. The molecule has 53 heavy (non-hydrogen) atoms. The third-order valence-corrected chi connectivity index (χ3v) is 11.0. The number of hydrogen-bond acceptors (Lipinski definition) is 2. The number of nitrogens with zero attached hydrogens (tertiary/aromatic N) is 2. The minimum Gasteiger partial charge on any atom is -0.310 e. The summed E-state index contributed by atoms with van der Waals surface area (Å²) in [6.07, 6.45) is 0. The van der Waals surface area contributed by atoms with E-state index in [0.717, 1.165) is 0 Å². The highest BCUT2D eigenvalue weighted by Gasteiger charge is 2.37. The van der Waals surface area contributed by atoms with E-state index in [2.05, 4.69) is 200 Å². The maximum Gasteiger partial charge on any atom is 0.0468 e. The van der Waals surface area contributed by atoms with E-state index in [9.17, 15) is 0 Å². The third-order valence-electron chi connectivity index (χ3n) is 11.0. The van der Waals surface area contributed by atoms with E-state index in [0.29, 0.717) is 0 Å². The summed E-state index contributed by atoms with van der Waals surface area (Å²) in [5.74, 6) is 0. The van der Waals surface area contributed by atoms with Gasteiger partial charge < -0.3 is 9.80 Å². The van der Waals surface area contributed by atoms with Crippen molar-refractivity contribution in [1.82, 2.24) is 0 Å². The number of rotatable bonds is 6. The molecule has 0 spiro atoms. The average Bonchev–Trinajstić information content (AvgIpc) is 3.29. The molecule has 8 rings (SSSR count). The summed E-state index contributed by atoms with van der Waals surface area (Å²) >= 11 is 0. The molecule has 0 aromatic heterocycles. The Kier molecular flexibility index (Phi) is 8.34. The third kappa shape index (κ3) is 6.21. The molecule has 0 unspecified atom stereocenters. The second-order valence-electron chi connectivity index (χ2n) is 16.3. The number of fused-ring (bicyclic) bond motifs is 5. The molecule has 0 amide bonds. The quantitative estimate of drug-likeness (QED) is 0.171. The summed E-state index contributed by atoms with van der Waals surface area (Å²) in [6.45, 7) is 22.3. The molecule has 0 aliphatic heterocycles. The largest absolute Gasteiger partial charge is 0.310 e. The lowest BCUT2D eigenvalue weighted by atomic mass is 9.80. The van der Waals surface area contributed by atoms with Gasteiger partial charge in [0.2, 0.25) is 0 Å². The topological polar surface area (TPSA) is 6.48 Å². The zero-order valence-corrected chi connectivity index (χ0v) is 32.9. The van der Waals surface area contributed by atoms with Crippen LogP contribution in [0.3, 0.4) is 0 Å². The lowest BCUT2D eigenvalue weighted by Crippen LogP contribution is -2.17. The zero-order valence-electron chi connectivity index (χ0n) is 32.9. The molecule has 0 fully saturated rings. The van der Waals surface area contributed by atoms with Gasteiger partial charge in [-0.1, -0.05) is 62.4 Å². The molecule has 2 heteroatoms. The Morgan fingerprint density at radius 1 is 0.340 bits per heavy atom. The SMILES string of the molecule is Cc1cc(C)cc(N(c2cc(C)cc(C)c2)c2ccc3c(c2)C(C)(C)c2c-3ccc3cc(N(c4cc(C)cc(C)c4)c4cc(C)cc(C)c4)ccc23)c1. The Morgan fingerprint density at radius 3 is 1.11 bits per heavy atom. The zero-order chi connectivity index (χ0) is 37.3. The molecule has 0 saturated carbocycles. The molecule has 0 bridgehead atoms. The molecule has 0 N–H and O–H groups in total. The number of benzene rings is 7. The highest BCUT2D eigenvalue weighted by Crippen LogP contribution is 2.53. The van der Waals surface area contributed by atoms with E-state index < -0.39 is 0 Å². The van der Waals surface area contributed by atoms with Crippen LogP contribution in [0.25, 0.3) is 21.9 Å². The van der Waals surface area contributed by atoms with E-state index in [1.54, 1.807) is 0 Å². The predicted octanol–water partition coefficient (Wildman–Crippen LogP) is 14.6. The first-order chi connectivity index (χ1) is 25.2. The molecule has 7 aromatic carbocycles. The second-order valence-corrected chi connectivity index (χ2v) is 16.3. The van der Waals surface area contributed by atoms with Crippen molar-refractivity contribution in [2.45, 2.75) is 74.7 Å². The van der Waals surface area contributed by atoms with Crippen LogP contribution in [0.1, 0.15) is 69.5 Å². The number of hydrogen-bond donors (Lipinski definition) is 0. The minimum atomic E-state index is -0.195. The number of aryl methyl sites for hydroxylation is 8. The normalized spacial score (nSPS) is 12.9. The smallest absolute Gasteiger partial charge is 0.0468 e. The van der Waals surface area contributed by atoms with Gasteiger partial charge in [-0.05, 0) is 206 Å². The van der Waals surface area contributed by atoms with Crippen molar-refractivity contribution in [2.24, 2.45) is 0 Å². The molecule has 1 aliphatic rings. The molecular weight excluding hydrogens is 641 g/mol. The van der Waals surface area contributed by atoms with Crippen molar-refractivity contribution in [3.8, 4) is 11.1 Å². The molecule has 0 radical (unpaired) electrons. The summed E-state index contributed by atoms with van der Waals surface area (Å²) in [4.78, 5) is 4.87. The maximum absolute atomic E-state index is 2.45. The van der Waals surface area contributed by atoms with Crippen molar-refractivity contribution < 1.29 is 0 Å². The first-order valence-corrected chi connectivity index (χ1v) is 18.9. The molecule has 7 aromatic rings. The Bertz CT molecular complexity index is 2400. The van der Waals surface area contributed by atoms with Gasteiger partial charge in [-0.25, -0.2) is 0 Å². The molecule has 264 valence electrons. The van der Waals surface area contributed by atoms with Crippen LogP contribution in [0.15, 0.2) is 121 Å². The van der Waals surface area contributed by atoms with Gasteiger partial charge in [0.1, 0.15) is 0 Å². The Hall–Kier alpha value is -5.60. The molecule has 0 heterocycles. The van der Waals surface area contributed by atoms with Crippen molar-refractivity contribution in [3.05, 3.63) is 177 Å². The average molecular weight is 691 g/mol. The van der Waals surface area contributed by atoms with Crippen LogP contribution in [-0.4, -0.2) is 0 Å². The second kappa shape index (κ2) is 12.8. The standard InChI is InChI=1S/C51H50N2/c1-31-17-32(2)22-42(21-31)52(43-23-33(3)18-34(4)24-43)40-12-15-46-39(29-40)11-14-48-47-16-13-41(30-49(47)51(9,10)50(46)48)53(44-25-35(5)19-36(6)26-44)45-27-37(7)20-38(8)28-45/h11-30H,1-10H3. The van der Waals surface area contributed by atoms with Gasteiger partial charge in [-0.3, -0.25) is 0 Å². The van der Waals surface area contributed by atoms with Gasteiger partial charge in [-0.2, -0.15) is 0 Å². The van der Waals surface area contributed by atoms with Crippen LogP contribution >= 0.6 is 0 Å². The van der Waals surface area contributed by atoms with E-state index in [-0.39, 0.29) is 5.41 Å². The summed E-state index contributed by atoms with van der Waals surface area (Å²) in [7, 11) is 0. The van der Waals surface area contributed by atoms with Crippen LogP contribution in [0.2, 0.25) is 0 Å². The molecule has 0 atom stereocenters. The summed E-state index contributed by atoms with van der Waals surface area (Å²) in [5, 5.41) is 2.57. The minimum absolute atomic E-state index is 0.195. The lowest BCUT2D eigenvalue weighted by molar-refractivity contribution is 0.666. The van der Waals surface area contributed by atoms with Crippen LogP contribution < -0.4 is 9.80 Å². The fourth-order valence-corrected chi connectivity index (χ4v) is 9.13. The molecule has 2 nitrogen and oxygen atoms in total. The van der Waals surface area contributed by atoms with Gasteiger partial charge in [0.25, 0.3) is 0 Å². The van der Waals surface area contributed by atoms with E-state index in [1.165, 1.54) is 112 Å². The van der Waals surface area contributed by atoms with Crippen LogP contribution in [0.5, 0.6) is 0 Å². The van der Waals surface area contributed by atoms with Gasteiger partial charge in [-0.15, -0.1) is 0 Å². The first kappa shape index (κ1) is 34.5. The Morgan fingerprint density at radius 2 is 0.698 bits per heavy atom. The van der Waals surface area contributed by atoms with Crippen molar-refractivity contribution in [3.63, 3.8) is 0 Å². The first-order valence-electron chi connectivity index (χ1n) is 18.9. The van der Waals surface area contributed by atoms with Crippen molar-refractivity contribution in [2.75, 3.05) is 9.80 Å². The summed E-state index contributed by atoms with van der Waals surface area (Å²) in [5.41, 5.74) is 22.5. The Labute approximate surface area is 316 Å². The van der Waals surface area contributed by atoms with Gasteiger partial charge in [0, 0.05) is 39.5 Å². The van der Waals surface area contributed by atoms with Crippen LogP contribution in [0.4, 0.5) is 34.1 Å². The fourth-order valence-electron chi connectivity index (χ4n) is 9.13. The van der Waals surface area contributed by atoms with Gasteiger partial charge in [0.15, 0.2) is 0 Å². The highest BCUT2D eigenvalue weighted by molar-refractivity contribution is 6.00. The fraction of sp³-hybridized carbons (Fsp3) is 0.216. The van der Waals surface area contributed by atoms with E-state index in [1.807, 2.05) is 0 Å². The lowest BCUT2D eigenvalue weighted by Gasteiger charge is -2.29. The van der Waals surface area contributed by atoms with Crippen LogP contribution in [0, 0.1) is 55.4 Å². The number of anilines is 6. The van der Waals surface area contributed by atoms with Gasteiger partial charge in [0.05, 0.1) is 0 Å². The predicted molar refractivity (Wildman–Crippen MR) is 229 cm³/mol. The van der Waals surface area contributed by atoms with Crippen molar-refractivity contribution in [1.29, 1.82) is 0 Å².